The molecule has 7 nitrogen and oxygen atoms in total. The molecular weight excluding hydrogens is 446 g/mol. The van der Waals surface area contributed by atoms with Gasteiger partial charge in [0.25, 0.3) is 5.91 Å². The van der Waals surface area contributed by atoms with E-state index in [-0.39, 0.29) is 17.1 Å². The predicted octanol–water partition coefficient (Wildman–Crippen LogP) is 5.03. The monoisotopic (exact) mass is 479 g/mol. The van der Waals surface area contributed by atoms with Crippen molar-refractivity contribution in [3.05, 3.63) is 68.6 Å². The molecule has 2 aromatic carbocycles. The zero-order valence-corrected chi connectivity index (χ0v) is 21.3. The van der Waals surface area contributed by atoms with Gasteiger partial charge in [0.2, 0.25) is 5.76 Å². The summed E-state index contributed by atoms with van der Waals surface area (Å²) >= 11 is 0. The summed E-state index contributed by atoms with van der Waals surface area (Å²) in [6, 6.07) is 8.64. The molecule has 0 N–H and O–H groups in total. The molecule has 4 rings (SSSR count). The second-order valence-electron chi connectivity index (χ2n) is 9.47. The number of carbonyl (C=O) groups is 1. The molecule has 0 fully saturated rings. The van der Waals surface area contributed by atoms with E-state index in [0.717, 1.165) is 16.7 Å². The first kappa shape index (κ1) is 24.8. The van der Waals surface area contributed by atoms with Gasteiger partial charge in [-0.25, -0.2) is 0 Å². The summed E-state index contributed by atoms with van der Waals surface area (Å²) in [6.07, 6.45) is 0.630. The topological polar surface area (TPSA) is 78.2 Å². The molecule has 1 unspecified atom stereocenters. The van der Waals surface area contributed by atoms with Gasteiger partial charge in [0.1, 0.15) is 5.58 Å². The Morgan fingerprint density at radius 2 is 1.77 bits per heavy atom. The zero-order chi connectivity index (χ0) is 25.3. The minimum Gasteiger partial charge on any atom is -0.493 e. The third-order valence-corrected chi connectivity index (χ3v) is 6.41. The number of carbonyl (C=O) groups excluding carboxylic acids is 1. The highest BCUT2D eigenvalue weighted by molar-refractivity contribution is 5.99. The van der Waals surface area contributed by atoms with Crippen LogP contribution in [0.1, 0.15) is 59.1 Å². The third-order valence-electron chi connectivity index (χ3n) is 6.41. The van der Waals surface area contributed by atoms with Crippen molar-refractivity contribution < 1.29 is 23.4 Å². The maximum atomic E-state index is 13.8. The lowest BCUT2D eigenvalue weighted by molar-refractivity contribution is 0.0707. The normalized spacial score (nSPS) is 15.2. The fraction of sp³-hybridized carbons (Fsp3) is 0.429. The molecule has 0 saturated carbocycles. The van der Waals surface area contributed by atoms with Crippen LogP contribution in [0.25, 0.3) is 11.0 Å². The second-order valence-corrected chi connectivity index (χ2v) is 9.47. The molecule has 1 atom stereocenters. The van der Waals surface area contributed by atoms with Crippen molar-refractivity contribution in [3.63, 3.8) is 0 Å². The van der Waals surface area contributed by atoms with Crippen molar-refractivity contribution in [2.45, 2.75) is 40.2 Å². The van der Waals surface area contributed by atoms with Crippen molar-refractivity contribution >= 4 is 16.9 Å². The Hall–Kier alpha value is -3.32. The number of ether oxygens (including phenoxy) is 3. The van der Waals surface area contributed by atoms with Gasteiger partial charge in [-0.3, -0.25) is 9.59 Å². The lowest BCUT2D eigenvalue weighted by atomic mass is 9.97. The number of hydrogen-bond acceptors (Lipinski definition) is 6. The third kappa shape index (κ3) is 4.65. The van der Waals surface area contributed by atoms with Gasteiger partial charge in [0.05, 0.1) is 30.7 Å². The largest absolute Gasteiger partial charge is 0.493 e. The molecule has 2 heterocycles. The van der Waals surface area contributed by atoms with E-state index in [4.69, 9.17) is 18.6 Å². The van der Waals surface area contributed by atoms with Gasteiger partial charge in [-0.1, -0.05) is 19.9 Å². The summed E-state index contributed by atoms with van der Waals surface area (Å²) in [5.74, 6) is 1.35. The van der Waals surface area contributed by atoms with E-state index in [1.807, 2.05) is 44.2 Å². The summed E-state index contributed by atoms with van der Waals surface area (Å²) in [7, 11) is 3.21. The van der Waals surface area contributed by atoms with E-state index in [2.05, 4.69) is 13.8 Å². The van der Waals surface area contributed by atoms with E-state index in [9.17, 15) is 9.59 Å². The molecule has 1 amide bonds. The summed E-state index contributed by atoms with van der Waals surface area (Å²) in [5, 5.41) is 0.479. The van der Waals surface area contributed by atoms with Crippen LogP contribution >= 0.6 is 0 Å². The lowest BCUT2D eigenvalue weighted by Gasteiger charge is -2.25. The maximum absolute atomic E-state index is 13.8. The van der Waals surface area contributed by atoms with E-state index < -0.39 is 6.04 Å². The van der Waals surface area contributed by atoms with Crippen LogP contribution < -0.4 is 14.9 Å². The molecule has 7 heteroatoms. The van der Waals surface area contributed by atoms with Crippen LogP contribution in [0.3, 0.4) is 0 Å². The minimum absolute atomic E-state index is 0.104. The average Bonchev–Trinajstić information content (AvgIpc) is 3.11. The Kier molecular flexibility index (Phi) is 7.17. The fourth-order valence-electron chi connectivity index (χ4n) is 4.46. The van der Waals surface area contributed by atoms with E-state index >= 15 is 0 Å². The van der Waals surface area contributed by atoms with Crippen LogP contribution in [0.5, 0.6) is 11.5 Å². The molecule has 0 bridgehead atoms. The van der Waals surface area contributed by atoms with Crippen LogP contribution in [-0.2, 0) is 4.74 Å². The number of aryl methyl sites for hydroxylation is 2. The van der Waals surface area contributed by atoms with Crippen molar-refractivity contribution in [2.75, 3.05) is 34.0 Å². The Labute approximate surface area is 205 Å². The maximum Gasteiger partial charge on any atom is 0.290 e. The van der Waals surface area contributed by atoms with Gasteiger partial charge < -0.3 is 23.5 Å². The molecule has 0 saturated heterocycles. The molecule has 0 radical (unpaired) electrons. The van der Waals surface area contributed by atoms with Crippen molar-refractivity contribution in [3.8, 4) is 11.5 Å². The molecule has 1 aromatic heterocycles. The highest BCUT2D eigenvalue weighted by atomic mass is 16.5. The predicted molar refractivity (Wildman–Crippen MR) is 135 cm³/mol. The first-order valence-corrected chi connectivity index (χ1v) is 11.9. The average molecular weight is 480 g/mol. The smallest absolute Gasteiger partial charge is 0.290 e. The summed E-state index contributed by atoms with van der Waals surface area (Å²) in [4.78, 5) is 29.0. The number of rotatable bonds is 9. The summed E-state index contributed by atoms with van der Waals surface area (Å²) in [6.45, 7) is 9.54. The van der Waals surface area contributed by atoms with Crippen LogP contribution in [0.4, 0.5) is 0 Å². The van der Waals surface area contributed by atoms with Gasteiger partial charge in [-0.15, -0.1) is 0 Å². The molecule has 0 spiro atoms. The van der Waals surface area contributed by atoms with Crippen molar-refractivity contribution in [1.82, 2.24) is 4.90 Å². The zero-order valence-electron chi connectivity index (χ0n) is 21.3. The van der Waals surface area contributed by atoms with E-state index in [1.54, 1.807) is 19.1 Å². The Balaban J connectivity index is 1.87. The first-order valence-electron chi connectivity index (χ1n) is 11.9. The van der Waals surface area contributed by atoms with Crippen LogP contribution in [0.2, 0.25) is 0 Å². The molecule has 1 aliphatic rings. The molecular formula is C28H33NO6. The molecule has 3 aromatic rings. The van der Waals surface area contributed by atoms with Crippen LogP contribution in [-0.4, -0.2) is 44.8 Å². The van der Waals surface area contributed by atoms with Gasteiger partial charge in [-0.05, 0) is 67.1 Å². The van der Waals surface area contributed by atoms with Crippen LogP contribution in [0.15, 0.2) is 39.5 Å². The number of fused-ring (bicyclic) bond motifs is 2. The Bertz CT molecular complexity index is 1310. The molecule has 1 aliphatic heterocycles. The van der Waals surface area contributed by atoms with E-state index in [0.29, 0.717) is 60.1 Å². The number of hydrogen-bond donors (Lipinski definition) is 0. The van der Waals surface area contributed by atoms with Gasteiger partial charge >= 0.3 is 0 Å². The Morgan fingerprint density at radius 3 is 2.46 bits per heavy atom. The Morgan fingerprint density at radius 1 is 1.03 bits per heavy atom. The highest BCUT2D eigenvalue weighted by Crippen LogP contribution is 2.41. The van der Waals surface area contributed by atoms with Crippen molar-refractivity contribution in [2.24, 2.45) is 5.92 Å². The fourth-order valence-corrected chi connectivity index (χ4v) is 4.46. The quantitative estimate of drug-likeness (QED) is 0.401. The summed E-state index contributed by atoms with van der Waals surface area (Å²) < 4.78 is 22.8. The molecule has 35 heavy (non-hydrogen) atoms. The van der Waals surface area contributed by atoms with Crippen molar-refractivity contribution in [1.29, 1.82) is 0 Å². The van der Waals surface area contributed by atoms with E-state index in [1.165, 1.54) is 0 Å². The minimum atomic E-state index is -0.593. The molecule has 186 valence electrons. The number of benzene rings is 2. The number of methoxy groups -OCH3 is 2. The molecule has 0 aliphatic carbocycles. The first-order chi connectivity index (χ1) is 16.8. The number of nitrogens with zero attached hydrogens (tertiary/aromatic N) is 1. The lowest BCUT2D eigenvalue weighted by Crippen LogP contribution is -2.31. The summed E-state index contributed by atoms with van der Waals surface area (Å²) in [5.41, 5.74) is 3.37. The SMILES string of the molecule is COCCCN1C(=O)c2oc3cc(C)c(C)cc3c(=O)c2C1c1ccc(OCC(C)C)c(OC)c1. The second kappa shape index (κ2) is 10.1. The number of amides is 1. The van der Waals surface area contributed by atoms with Gasteiger partial charge in [0, 0.05) is 20.3 Å². The highest BCUT2D eigenvalue weighted by Gasteiger charge is 2.42. The van der Waals surface area contributed by atoms with Gasteiger partial charge in [0.15, 0.2) is 16.9 Å². The standard InChI is InChI=1S/C28H33NO6/c1-16(2)15-34-21-9-8-19(14-23(21)33-6)25-24-26(30)20-12-17(3)18(4)13-22(20)35-27(24)28(31)29(25)10-7-11-32-5/h8-9,12-14,16,25H,7,10-11,15H2,1-6H3. The van der Waals surface area contributed by atoms with Gasteiger partial charge in [-0.2, -0.15) is 0 Å². The van der Waals surface area contributed by atoms with Crippen LogP contribution in [0, 0.1) is 19.8 Å².